The van der Waals surface area contributed by atoms with Gasteiger partial charge in [-0.1, -0.05) is 35.5 Å². The standard InChI is InChI=1S/C12H16N4/c13-8-4-7-12-10-16(15-14-12)9-11-5-2-1-3-6-11/h1-3,5-6,10H,4,7-9,13H2. The molecule has 2 N–H and O–H groups in total. The molecule has 0 bridgehead atoms. The number of aromatic nitrogens is 3. The Hall–Kier alpha value is -1.68. The molecule has 1 heterocycles. The van der Waals surface area contributed by atoms with Gasteiger partial charge in [-0.2, -0.15) is 0 Å². The summed E-state index contributed by atoms with van der Waals surface area (Å²) in [6, 6.07) is 10.2. The summed E-state index contributed by atoms with van der Waals surface area (Å²) in [7, 11) is 0. The summed E-state index contributed by atoms with van der Waals surface area (Å²) in [6.45, 7) is 1.47. The van der Waals surface area contributed by atoms with Gasteiger partial charge < -0.3 is 5.73 Å². The average Bonchev–Trinajstić information content (AvgIpc) is 2.75. The number of hydrogen-bond donors (Lipinski definition) is 1. The van der Waals surface area contributed by atoms with Crippen LogP contribution in [0.5, 0.6) is 0 Å². The average molecular weight is 216 g/mol. The minimum atomic E-state index is 0.700. The molecule has 2 aromatic rings. The van der Waals surface area contributed by atoms with Gasteiger partial charge in [-0.25, -0.2) is 4.68 Å². The molecule has 4 heteroatoms. The van der Waals surface area contributed by atoms with Crippen LogP contribution in [0, 0.1) is 0 Å². The van der Waals surface area contributed by atoms with E-state index in [0.717, 1.165) is 25.1 Å². The van der Waals surface area contributed by atoms with Gasteiger partial charge in [0, 0.05) is 6.20 Å². The topological polar surface area (TPSA) is 56.7 Å². The lowest BCUT2D eigenvalue weighted by atomic mass is 10.2. The second-order valence-corrected chi connectivity index (χ2v) is 3.79. The predicted octanol–water partition coefficient (Wildman–Crippen LogP) is 1.22. The van der Waals surface area contributed by atoms with Gasteiger partial charge in [0.1, 0.15) is 0 Å². The smallest absolute Gasteiger partial charge is 0.0827 e. The lowest BCUT2D eigenvalue weighted by Gasteiger charge is -1.99. The van der Waals surface area contributed by atoms with Crippen LogP contribution in [0.1, 0.15) is 17.7 Å². The molecular formula is C12H16N4. The third-order valence-corrected chi connectivity index (χ3v) is 2.41. The summed E-state index contributed by atoms with van der Waals surface area (Å²) in [6.07, 6.45) is 3.86. The van der Waals surface area contributed by atoms with Gasteiger partial charge in [0.2, 0.25) is 0 Å². The van der Waals surface area contributed by atoms with E-state index >= 15 is 0 Å². The summed E-state index contributed by atoms with van der Waals surface area (Å²) < 4.78 is 1.86. The molecule has 84 valence electrons. The van der Waals surface area contributed by atoms with E-state index in [0.29, 0.717) is 6.54 Å². The van der Waals surface area contributed by atoms with Gasteiger partial charge in [-0.05, 0) is 24.9 Å². The predicted molar refractivity (Wildman–Crippen MR) is 62.9 cm³/mol. The van der Waals surface area contributed by atoms with Gasteiger partial charge in [0.25, 0.3) is 0 Å². The van der Waals surface area contributed by atoms with Crippen molar-refractivity contribution < 1.29 is 0 Å². The van der Waals surface area contributed by atoms with Crippen LogP contribution in [-0.2, 0) is 13.0 Å². The largest absolute Gasteiger partial charge is 0.330 e. The maximum atomic E-state index is 5.45. The molecule has 0 saturated heterocycles. The number of aryl methyl sites for hydroxylation is 1. The van der Waals surface area contributed by atoms with Crippen LogP contribution in [0.25, 0.3) is 0 Å². The molecule has 1 aromatic heterocycles. The molecule has 0 aliphatic carbocycles. The number of rotatable bonds is 5. The highest BCUT2D eigenvalue weighted by atomic mass is 15.4. The van der Waals surface area contributed by atoms with Crippen molar-refractivity contribution in [1.29, 1.82) is 0 Å². The molecule has 0 fully saturated rings. The lowest BCUT2D eigenvalue weighted by molar-refractivity contribution is 0.649. The van der Waals surface area contributed by atoms with Gasteiger partial charge in [-0.15, -0.1) is 5.10 Å². The molecular weight excluding hydrogens is 200 g/mol. The van der Waals surface area contributed by atoms with Crippen molar-refractivity contribution in [3.8, 4) is 0 Å². The first-order valence-corrected chi connectivity index (χ1v) is 5.51. The summed E-state index contributed by atoms with van der Waals surface area (Å²) in [5.41, 5.74) is 7.70. The maximum Gasteiger partial charge on any atom is 0.0827 e. The molecule has 0 unspecified atom stereocenters. The zero-order chi connectivity index (χ0) is 11.2. The van der Waals surface area contributed by atoms with E-state index in [2.05, 4.69) is 22.4 Å². The van der Waals surface area contributed by atoms with E-state index in [-0.39, 0.29) is 0 Å². The van der Waals surface area contributed by atoms with E-state index in [1.54, 1.807) is 0 Å². The summed E-state index contributed by atoms with van der Waals surface area (Å²) in [4.78, 5) is 0. The molecule has 0 amide bonds. The molecule has 2 rings (SSSR count). The Balaban J connectivity index is 1.97. The zero-order valence-corrected chi connectivity index (χ0v) is 9.21. The van der Waals surface area contributed by atoms with Crippen molar-refractivity contribution in [3.63, 3.8) is 0 Å². The number of nitrogens with zero attached hydrogens (tertiary/aromatic N) is 3. The van der Waals surface area contributed by atoms with Gasteiger partial charge in [0.05, 0.1) is 12.2 Å². The second kappa shape index (κ2) is 5.42. The second-order valence-electron chi connectivity index (χ2n) is 3.79. The number of hydrogen-bond acceptors (Lipinski definition) is 3. The molecule has 0 atom stereocenters. The van der Waals surface area contributed by atoms with Crippen molar-refractivity contribution in [2.75, 3.05) is 6.54 Å². The lowest BCUT2D eigenvalue weighted by Crippen LogP contribution is -2.00. The molecule has 16 heavy (non-hydrogen) atoms. The SMILES string of the molecule is NCCCc1cn(Cc2ccccc2)nn1. The van der Waals surface area contributed by atoms with Crippen molar-refractivity contribution in [2.24, 2.45) is 5.73 Å². The van der Waals surface area contributed by atoms with Crippen LogP contribution in [0.4, 0.5) is 0 Å². The zero-order valence-electron chi connectivity index (χ0n) is 9.21. The Morgan fingerprint density at radius 1 is 1.19 bits per heavy atom. The fourth-order valence-electron chi connectivity index (χ4n) is 1.58. The molecule has 0 aliphatic heterocycles. The van der Waals surface area contributed by atoms with Crippen LogP contribution < -0.4 is 5.73 Å². The van der Waals surface area contributed by atoms with E-state index in [1.807, 2.05) is 29.1 Å². The van der Waals surface area contributed by atoms with Crippen LogP contribution >= 0.6 is 0 Å². The molecule has 0 radical (unpaired) electrons. The normalized spacial score (nSPS) is 10.6. The van der Waals surface area contributed by atoms with Gasteiger partial charge >= 0.3 is 0 Å². The van der Waals surface area contributed by atoms with Gasteiger partial charge in [0.15, 0.2) is 0 Å². The Morgan fingerprint density at radius 2 is 2.00 bits per heavy atom. The summed E-state index contributed by atoms with van der Waals surface area (Å²) in [5.74, 6) is 0. The fraction of sp³-hybridized carbons (Fsp3) is 0.333. The first kappa shape index (κ1) is 10.8. The molecule has 0 saturated carbocycles. The fourth-order valence-corrected chi connectivity index (χ4v) is 1.58. The van der Waals surface area contributed by atoms with Crippen LogP contribution in [0.2, 0.25) is 0 Å². The molecule has 4 nitrogen and oxygen atoms in total. The van der Waals surface area contributed by atoms with Gasteiger partial charge in [-0.3, -0.25) is 0 Å². The Kier molecular flexibility index (Phi) is 3.66. The van der Waals surface area contributed by atoms with Crippen molar-refractivity contribution in [1.82, 2.24) is 15.0 Å². The first-order valence-electron chi connectivity index (χ1n) is 5.51. The van der Waals surface area contributed by atoms with Crippen LogP contribution in [0.15, 0.2) is 36.5 Å². The Bertz CT molecular complexity index is 422. The molecule has 0 spiro atoms. The first-order chi connectivity index (χ1) is 7.88. The van der Waals surface area contributed by atoms with Crippen LogP contribution in [0.3, 0.4) is 0 Å². The summed E-state index contributed by atoms with van der Waals surface area (Å²) in [5, 5.41) is 8.20. The minimum absolute atomic E-state index is 0.700. The third kappa shape index (κ3) is 2.90. The van der Waals surface area contributed by atoms with E-state index in [9.17, 15) is 0 Å². The highest BCUT2D eigenvalue weighted by molar-refractivity contribution is 5.14. The highest BCUT2D eigenvalue weighted by Gasteiger charge is 2.00. The number of benzene rings is 1. The summed E-state index contributed by atoms with van der Waals surface area (Å²) >= 11 is 0. The van der Waals surface area contributed by atoms with E-state index in [1.165, 1.54) is 5.56 Å². The number of nitrogens with two attached hydrogens (primary N) is 1. The maximum absolute atomic E-state index is 5.45. The minimum Gasteiger partial charge on any atom is -0.330 e. The molecule has 0 aliphatic rings. The van der Waals surface area contributed by atoms with Crippen molar-refractivity contribution in [3.05, 3.63) is 47.8 Å². The third-order valence-electron chi connectivity index (χ3n) is 2.41. The van der Waals surface area contributed by atoms with E-state index < -0.39 is 0 Å². The quantitative estimate of drug-likeness (QED) is 0.817. The van der Waals surface area contributed by atoms with Crippen molar-refractivity contribution >= 4 is 0 Å². The highest BCUT2D eigenvalue weighted by Crippen LogP contribution is 2.03. The Labute approximate surface area is 95.1 Å². The molecule has 1 aromatic carbocycles. The van der Waals surface area contributed by atoms with E-state index in [4.69, 9.17) is 5.73 Å². The van der Waals surface area contributed by atoms with Crippen LogP contribution in [-0.4, -0.2) is 21.5 Å². The monoisotopic (exact) mass is 216 g/mol. The van der Waals surface area contributed by atoms with Crippen molar-refractivity contribution in [2.45, 2.75) is 19.4 Å². The Morgan fingerprint density at radius 3 is 2.75 bits per heavy atom.